The van der Waals surface area contributed by atoms with Crippen LogP contribution >= 0.6 is 11.3 Å². The molecule has 0 radical (unpaired) electrons. The number of primary amides is 1. The van der Waals surface area contributed by atoms with Crippen molar-refractivity contribution in [2.45, 2.75) is 13.0 Å². The van der Waals surface area contributed by atoms with Crippen molar-refractivity contribution < 1.29 is 18.5 Å². The first-order valence-electron chi connectivity index (χ1n) is 9.37. The summed E-state index contributed by atoms with van der Waals surface area (Å²) in [6.45, 7) is 1.57. The Balaban J connectivity index is 1.69. The number of benzene rings is 1. The second kappa shape index (κ2) is 8.55. The molecule has 0 aliphatic rings. The van der Waals surface area contributed by atoms with Crippen molar-refractivity contribution in [3.8, 4) is 11.3 Å². The Labute approximate surface area is 185 Å². The number of nitrogens with two attached hydrogens (primary N) is 2. The molecular formula is C21H17FN6O3S. The zero-order chi connectivity index (χ0) is 22.8. The van der Waals surface area contributed by atoms with Gasteiger partial charge in [-0.3, -0.25) is 14.6 Å². The number of anilines is 3. The molecule has 0 saturated carbocycles. The van der Waals surface area contributed by atoms with Crippen LogP contribution in [0.25, 0.3) is 11.3 Å². The fraction of sp³-hybridized carbons (Fsp3) is 0.0952. The van der Waals surface area contributed by atoms with Crippen molar-refractivity contribution in [2.24, 2.45) is 5.73 Å². The smallest absolute Gasteiger partial charge is 0.244 e. The van der Waals surface area contributed by atoms with Gasteiger partial charge in [0.1, 0.15) is 28.2 Å². The quantitative estimate of drug-likeness (QED) is 0.407. The minimum Gasteiger partial charge on any atom is -0.382 e. The Bertz CT molecular complexity index is 1270. The number of nitrogens with zero attached hydrogens (tertiary/aromatic N) is 4. The highest BCUT2D eigenvalue weighted by atomic mass is 32.1. The topological polar surface area (TPSA) is 141 Å². The van der Waals surface area contributed by atoms with E-state index in [-0.39, 0.29) is 21.6 Å². The molecule has 0 spiro atoms. The summed E-state index contributed by atoms with van der Waals surface area (Å²) in [5, 5.41) is 4.17. The number of halogens is 1. The van der Waals surface area contributed by atoms with E-state index in [0.29, 0.717) is 11.4 Å². The van der Waals surface area contributed by atoms with Crippen molar-refractivity contribution in [1.82, 2.24) is 15.1 Å². The Morgan fingerprint density at radius 3 is 2.50 bits per heavy atom. The predicted octanol–water partition coefficient (Wildman–Crippen LogP) is 3.16. The largest absolute Gasteiger partial charge is 0.382 e. The fourth-order valence-electron chi connectivity index (χ4n) is 2.97. The second-order valence-electron chi connectivity index (χ2n) is 6.78. The zero-order valence-corrected chi connectivity index (χ0v) is 17.5. The number of amides is 1. The van der Waals surface area contributed by atoms with Crippen LogP contribution in [0, 0.1) is 5.82 Å². The van der Waals surface area contributed by atoms with E-state index in [4.69, 9.17) is 16.0 Å². The van der Waals surface area contributed by atoms with Gasteiger partial charge in [-0.1, -0.05) is 16.5 Å². The lowest BCUT2D eigenvalue weighted by Crippen LogP contribution is -2.39. The van der Waals surface area contributed by atoms with Gasteiger partial charge in [0.2, 0.25) is 17.5 Å². The number of thiazole rings is 1. The second-order valence-corrected chi connectivity index (χ2v) is 7.75. The molecule has 162 valence electrons. The highest BCUT2D eigenvalue weighted by Crippen LogP contribution is 2.36. The van der Waals surface area contributed by atoms with Crippen molar-refractivity contribution in [2.75, 3.05) is 10.6 Å². The SMILES string of the molecule is CC(C(N)=O)N(c1ccc(F)cc1)c1nc(N)c(C(=O)c2cc(-c3ccncc3)no2)s1. The maximum atomic E-state index is 13.4. The van der Waals surface area contributed by atoms with Gasteiger partial charge in [0, 0.05) is 29.7 Å². The molecule has 3 aromatic heterocycles. The standard InChI is InChI=1S/C21H17FN6O3S/c1-11(20(24)30)28(14-4-2-13(22)3-5-14)21-26-19(23)18(32-21)17(29)16-10-15(27-31-16)12-6-8-25-9-7-12/h2-11H,23H2,1H3,(H2,24,30). The molecule has 32 heavy (non-hydrogen) atoms. The van der Waals surface area contributed by atoms with Gasteiger partial charge in [0.15, 0.2) is 5.13 Å². The van der Waals surface area contributed by atoms with E-state index in [1.165, 1.54) is 35.2 Å². The van der Waals surface area contributed by atoms with Crippen LogP contribution in [0.2, 0.25) is 0 Å². The van der Waals surface area contributed by atoms with Crippen LogP contribution < -0.4 is 16.4 Å². The van der Waals surface area contributed by atoms with Gasteiger partial charge in [-0.15, -0.1) is 0 Å². The lowest BCUT2D eigenvalue weighted by atomic mass is 10.1. The maximum Gasteiger partial charge on any atom is 0.244 e. The van der Waals surface area contributed by atoms with Crippen LogP contribution in [0.1, 0.15) is 22.4 Å². The summed E-state index contributed by atoms with van der Waals surface area (Å²) < 4.78 is 18.6. The average molecular weight is 452 g/mol. The lowest BCUT2D eigenvalue weighted by molar-refractivity contribution is -0.118. The summed E-state index contributed by atoms with van der Waals surface area (Å²) in [7, 11) is 0. The van der Waals surface area contributed by atoms with E-state index in [9.17, 15) is 14.0 Å². The third-order valence-electron chi connectivity index (χ3n) is 4.67. The summed E-state index contributed by atoms with van der Waals surface area (Å²) in [5.74, 6) is -1.64. The molecule has 1 amide bonds. The van der Waals surface area contributed by atoms with Crippen LogP contribution in [0.5, 0.6) is 0 Å². The Morgan fingerprint density at radius 1 is 1.16 bits per heavy atom. The number of aromatic nitrogens is 3. The monoisotopic (exact) mass is 452 g/mol. The summed E-state index contributed by atoms with van der Waals surface area (Å²) in [6.07, 6.45) is 3.20. The normalized spacial score (nSPS) is 11.8. The van der Waals surface area contributed by atoms with Crippen LogP contribution in [-0.4, -0.2) is 32.9 Å². The van der Waals surface area contributed by atoms with Crippen LogP contribution in [0.3, 0.4) is 0 Å². The van der Waals surface area contributed by atoms with Crippen LogP contribution in [0.4, 0.5) is 21.0 Å². The van der Waals surface area contributed by atoms with E-state index in [2.05, 4.69) is 15.1 Å². The number of nitrogen functional groups attached to an aromatic ring is 1. The summed E-state index contributed by atoms with van der Waals surface area (Å²) in [4.78, 5) is 34.7. The van der Waals surface area contributed by atoms with Gasteiger partial charge in [-0.25, -0.2) is 9.37 Å². The van der Waals surface area contributed by atoms with Gasteiger partial charge in [0.05, 0.1) is 0 Å². The van der Waals surface area contributed by atoms with Gasteiger partial charge in [-0.05, 0) is 43.3 Å². The molecule has 4 N–H and O–H groups in total. The fourth-order valence-corrected chi connectivity index (χ4v) is 4.00. The molecule has 3 heterocycles. The highest BCUT2D eigenvalue weighted by Gasteiger charge is 2.28. The van der Waals surface area contributed by atoms with E-state index in [1.807, 2.05) is 0 Å². The predicted molar refractivity (Wildman–Crippen MR) is 117 cm³/mol. The van der Waals surface area contributed by atoms with Crippen molar-refractivity contribution in [1.29, 1.82) is 0 Å². The molecule has 0 fully saturated rings. The van der Waals surface area contributed by atoms with Crippen molar-refractivity contribution >= 4 is 39.7 Å². The molecule has 1 atom stereocenters. The molecular weight excluding hydrogens is 435 g/mol. The molecule has 0 saturated heterocycles. The van der Waals surface area contributed by atoms with E-state index < -0.39 is 23.5 Å². The third-order valence-corrected chi connectivity index (χ3v) is 5.74. The number of rotatable bonds is 7. The number of hydrogen-bond donors (Lipinski definition) is 2. The minimum absolute atomic E-state index is 0.0185. The van der Waals surface area contributed by atoms with Gasteiger partial charge in [0.25, 0.3) is 0 Å². The minimum atomic E-state index is -0.836. The maximum absolute atomic E-state index is 13.4. The molecule has 0 bridgehead atoms. The van der Waals surface area contributed by atoms with E-state index >= 15 is 0 Å². The highest BCUT2D eigenvalue weighted by molar-refractivity contribution is 7.18. The molecule has 1 unspecified atom stereocenters. The number of pyridine rings is 1. The van der Waals surface area contributed by atoms with E-state index in [1.54, 1.807) is 31.5 Å². The molecule has 0 aliphatic carbocycles. The Kier molecular flexibility index (Phi) is 5.65. The van der Waals surface area contributed by atoms with Gasteiger partial charge < -0.3 is 20.9 Å². The molecule has 4 aromatic rings. The Hall–Kier alpha value is -4.12. The number of hydrogen-bond acceptors (Lipinski definition) is 9. The first kappa shape index (κ1) is 21.1. The zero-order valence-electron chi connectivity index (χ0n) is 16.7. The summed E-state index contributed by atoms with van der Waals surface area (Å²) in [5.41, 5.74) is 13.2. The van der Waals surface area contributed by atoms with Gasteiger partial charge in [-0.2, -0.15) is 0 Å². The lowest BCUT2D eigenvalue weighted by Gasteiger charge is -2.26. The average Bonchev–Trinajstić information content (AvgIpc) is 3.43. The van der Waals surface area contributed by atoms with Gasteiger partial charge >= 0.3 is 0 Å². The number of carbonyl (C=O) groups is 2. The number of carbonyl (C=O) groups excluding carboxylic acids is 2. The van der Waals surface area contributed by atoms with E-state index in [0.717, 1.165) is 16.9 Å². The first-order valence-corrected chi connectivity index (χ1v) is 10.2. The molecule has 0 aliphatic heterocycles. The molecule has 11 heteroatoms. The molecule has 1 aromatic carbocycles. The molecule has 4 rings (SSSR count). The number of ketones is 1. The first-order chi connectivity index (χ1) is 15.3. The van der Waals surface area contributed by atoms with Crippen molar-refractivity contribution in [3.05, 3.63) is 71.3 Å². The third kappa shape index (κ3) is 4.05. The summed E-state index contributed by atoms with van der Waals surface area (Å²) >= 11 is 0.961. The molecule has 9 nitrogen and oxygen atoms in total. The summed E-state index contributed by atoms with van der Waals surface area (Å²) in [6, 6.07) is 9.57. The van der Waals surface area contributed by atoms with Crippen LogP contribution in [0.15, 0.2) is 59.4 Å². The van der Waals surface area contributed by atoms with Crippen molar-refractivity contribution in [3.63, 3.8) is 0 Å². The Morgan fingerprint density at radius 2 is 1.84 bits per heavy atom. The van der Waals surface area contributed by atoms with Crippen LogP contribution in [-0.2, 0) is 4.79 Å².